The highest BCUT2D eigenvalue weighted by atomic mass is 79.9. The van der Waals surface area contributed by atoms with Crippen molar-refractivity contribution in [3.05, 3.63) is 56.2 Å². The molecule has 0 aliphatic heterocycles. The van der Waals surface area contributed by atoms with E-state index in [4.69, 9.17) is 14.6 Å². The van der Waals surface area contributed by atoms with E-state index in [0.29, 0.717) is 11.3 Å². The van der Waals surface area contributed by atoms with Crippen molar-refractivity contribution < 1.29 is 19.0 Å². The molecule has 112 valence electrons. The van der Waals surface area contributed by atoms with E-state index in [-0.39, 0.29) is 19.0 Å². The van der Waals surface area contributed by atoms with Crippen LogP contribution in [-0.4, -0.2) is 12.2 Å². The number of rotatable bonds is 5. The standard InChI is InChI=1S/C15H13Br2FO3/c1-20-14-3-2-9(6-13(14)18)8-21-15-11(16)4-10(7-19)5-12(15)17/h2-6,19H,7-8H2,1H3. The summed E-state index contributed by atoms with van der Waals surface area (Å²) in [5.41, 5.74) is 1.45. The Hall–Kier alpha value is -1.11. The highest BCUT2D eigenvalue weighted by Gasteiger charge is 2.10. The molecule has 0 bridgehead atoms. The number of aliphatic hydroxyl groups excluding tert-OH is 1. The van der Waals surface area contributed by atoms with Gasteiger partial charge in [-0.15, -0.1) is 0 Å². The Labute approximate surface area is 139 Å². The van der Waals surface area contributed by atoms with Crippen LogP contribution in [0, 0.1) is 5.82 Å². The van der Waals surface area contributed by atoms with Crippen molar-refractivity contribution in [3.8, 4) is 11.5 Å². The average Bonchev–Trinajstić information content (AvgIpc) is 2.46. The van der Waals surface area contributed by atoms with E-state index in [1.165, 1.54) is 13.2 Å². The van der Waals surface area contributed by atoms with Gasteiger partial charge in [0.1, 0.15) is 12.4 Å². The highest BCUT2D eigenvalue weighted by molar-refractivity contribution is 9.11. The van der Waals surface area contributed by atoms with Crippen molar-refractivity contribution in [2.24, 2.45) is 0 Å². The molecule has 0 unspecified atom stereocenters. The normalized spacial score (nSPS) is 10.5. The molecule has 1 N–H and O–H groups in total. The van der Waals surface area contributed by atoms with Gasteiger partial charge in [0.25, 0.3) is 0 Å². The van der Waals surface area contributed by atoms with Crippen molar-refractivity contribution in [2.45, 2.75) is 13.2 Å². The largest absolute Gasteiger partial charge is 0.494 e. The molecule has 0 spiro atoms. The number of methoxy groups -OCH3 is 1. The minimum absolute atomic E-state index is 0.0544. The molecule has 0 aliphatic rings. The van der Waals surface area contributed by atoms with Crippen LogP contribution in [0.25, 0.3) is 0 Å². The first-order valence-electron chi connectivity index (χ1n) is 6.09. The second-order valence-electron chi connectivity index (χ2n) is 4.30. The predicted octanol–water partition coefficient (Wildman–Crippen LogP) is 4.43. The first-order valence-corrected chi connectivity index (χ1v) is 7.67. The third kappa shape index (κ3) is 3.96. The summed E-state index contributed by atoms with van der Waals surface area (Å²) in [5.74, 6) is 0.379. The van der Waals surface area contributed by atoms with E-state index in [1.807, 2.05) is 0 Å². The summed E-state index contributed by atoms with van der Waals surface area (Å²) < 4.78 is 25.6. The lowest BCUT2D eigenvalue weighted by molar-refractivity contribution is 0.280. The van der Waals surface area contributed by atoms with Crippen LogP contribution < -0.4 is 9.47 Å². The van der Waals surface area contributed by atoms with Crippen LogP contribution in [-0.2, 0) is 13.2 Å². The van der Waals surface area contributed by atoms with Crippen LogP contribution in [0.5, 0.6) is 11.5 Å². The Morgan fingerprint density at radius 2 is 1.76 bits per heavy atom. The third-order valence-electron chi connectivity index (χ3n) is 2.84. The molecule has 0 saturated heterocycles. The van der Waals surface area contributed by atoms with Gasteiger partial charge in [0, 0.05) is 0 Å². The van der Waals surface area contributed by atoms with Crippen LogP contribution in [0.2, 0.25) is 0 Å². The van der Waals surface area contributed by atoms with Crippen molar-refractivity contribution in [3.63, 3.8) is 0 Å². The maximum absolute atomic E-state index is 13.6. The van der Waals surface area contributed by atoms with Gasteiger partial charge in [0.15, 0.2) is 11.6 Å². The topological polar surface area (TPSA) is 38.7 Å². The number of hydrogen-bond acceptors (Lipinski definition) is 3. The zero-order valence-electron chi connectivity index (χ0n) is 11.2. The number of ether oxygens (including phenoxy) is 2. The van der Waals surface area contributed by atoms with Gasteiger partial charge in [0.2, 0.25) is 0 Å². The predicted molar refractivity (Wildman–Crippen MR) is 85.0 cm³/mol. The van der Waals surface area contributed by atoms with Crippen LogP contribution in [0.4, 0.5) is 4.39 Å². The fraction of sp³-hybridized carbons (Fsp3) is 0.200. The maximum atomic E-state index is 13.6. The molecule has 3 nitrogen and oxygen atoms in total. The monoisotopic (exact) mass is 418 g/mol. The SMILES string of the molecule is COc1ccc(COc2c(Br)cc(CO)cc2Br)cc1F. The molecule has 21 heavy (non-hydrogen) atoms. The molecule has 0 heterocycles. The summed E-state index contributed by atoms with van der Waals surface area (Å²) in [5, 5.41) is 9.13. The molecule has 0 saturated carbocycles. The number of halogens is 3. The van der Waals surface area contributed by atoms with E-state index in [2.05, 4.69) is 31.9 Å². The number of benzene rings is 2. The molecule has 0 aromatic heterocycles. The molecule has 0 radical (unpaired) electrons. The van der Waals surface area contributed by atoms with Crippen LogP contribution in [0.1, 0.15) is 11.1 Å². The first kappa shape index (κ1) is 16.3. The van der Waals surface area contributed by atoms with Crippen molar-refractivity contribution >= 4 is 31.9 Å². The lowest BCUT2D eigenvalue weighted by Crippen LogP contribution is -1.99. The van der Waals surface area contributed by atoms with Crippen LogP contribution >= 0.6 is 31.9 Å². The molecular formula is C15H13Br2FO3. The molecule has 0 aliphatic carbocycles. The lowest BCUT2D eigenvalue weighted by Gasteiger charge is -2.12. The van der Waals surface area contributed by atoms with Gasteiger partial charge in [-0.1, -0.05) is 6.07 Å². The molecule has 2 rings (SSSR count). The fourth-order valence-electron chi connectivity index (χ4n) is 1.80. The number of hydrogen-bond donors (Lipinski definition) is 1. The third-order valence-corrected chi connectivity index (χ3v) is 4.02. The molecule has 2 aromatic carbocycles. The van der Waals surface area contributed by atoms with E-state index < -0.39 is 5.82 Å². The van der Waals surface area contributed by atoms with Gasteiger partial charge in [-0.05, 0) is 67.3 Å². The van der Waals surface area contributed by atoms with E-state index in [1.54, 1.807) is 24.3 Å². The Balaban J connectivity index is 2.15. The van der Waals surface area contributed by atoms with Crippen molar-refractivity contribution in [2.75, 3.05) is 7.11 Å². The second-order valence-corrected chi connectivity index (χ2v) is 6.01. The van der Waals surface area contributed by atoms with Gasteiger partial charge in [-0.2, -0.15) is 0 Å². The minimum atomic E-state index is -0.424. The van der Waals surface area contributed by atoms with Gasteiger partial charge in [0.05, 0.1) is 22.7 Å². The van der Waals surface area contributed by atoms with Crippen LogP contribution in [0.15, 0.2) is 39.3 Å². The maximum Gasteiger partial charge on any atom is 0.165 e. The fourth-order valence-corrected chi connectivity index (χ4v) is 3.31. The summed E-state index contributed by atoms with van der Waals surface area (Å²) in [4.78, 5) is 0. The smallest absolute Gasteiger partial charge is 0.165 e. The number of aliphatic hydroxyl groups is 1. The van der Waals surface area contributed by atoms with Gasteiger partial charge in [-0.3, -0.25) is 0 Å². The molecule has 0 amide bonds. The lowest BCUT2D eigenvalue weighted by atomic mass is 10.2. The quantitative estimate of drug-likeness (QED) is 0.778. The van der Waals surface area contributed by atoms with E-state index in [0.717, 1.165) is 14.5 Å². The molecular weight excluding hydrogens is 407 g/mol. The summed E-state index contributed by atoms with van der Waals surface area (Å²) in [7, 11) is 1.42. The van der Waals surface area contributed by atoms with Gasteiger partial charge in [-0.25, -0.2) is 4.39 Å². The summed E-state index contributed by atoms with van der Waals surface area (Å²) in [6.07, 6.45) is 0. The Bertz CT molecular complexity index is 624. The molecule has 6 heteroatoms. The average molecular weight is 420 g/mol. The highest BCUT2D eigenvalue weighted by Crippen LogP contribution is 2.35. The van der Waals surface area contributed by atoms with E-state index in [9.17, 15) is 4.39 Å². The van der Waals surface area contributed by atoms with E-state index >= 15 is 0 Å². The van der Waals surface area contributed by atoms with Crippen molar-refractivity contribution in [1.29, 1.82) is 0 Å². The second kappa shape index (κ2) is 7.24. The summed E-state index contributed by atoms with van der Waals surface area (Å²) in [6, 6.07) is 8.23. The zero-order valence-corrected chi connectivity index (χ0v) is 14.4. The Morgan fingerprint density at radius 3 is 2.29 bits per heavy atom. The zero-order chi connectivity index (χ0) is 15.4. The van der Waals surface area contributed by atoms with Gasteiger partial charge < -0.3 is 14.6 Å². The molecule has 2 aromatic rings. The molecule has 0 fully saturated rings. The minimum Gasteiger partial charge on any atom is -0.494 e. The first-order chi connectivity index (χ1) is 10.0. The van der Waals surface area contributed by atoms with Gasteiger partial charge >= 0.3 is 0 Å². The molecule has 0 atom stereocenters. The Morgan fingerprint density at radius 1 is 1.10 bits per heavy atom. The van der Waals surface area contributed by atoms with Crippen molar-refractivity contribution in [1.82, 2.24) is 0 Å². The summed E-state index contributed by atoms with van der Waals surface area (Å²) >= 11 is 6.78. The summed E-state index contributed by atoms with van der Waals surface area (Å²) in [6.45, 7) is 0.164. The van der Waals surface area contributed by atoms with Crippen LogP contribution in [0.3, 0.4) is 0 Å². The Kier molecular flexibility index (Phi) is 5.61.